The van der Waals surface area contributed by atoms with Crippen LogP contribution in [0.5, 0.6) is 0 Å². The first-order valence-electron chi connectivity index (χ1n) is 6.20. The number of fused-ring (bicyclic) bond motifs is 1. The first kappa shape index (κ1) is 10.7. The topological polar surface area (TPSA) is 28.7 Å². The Morgan fingerprint density at radius 1 is 1.47 bits per heavy atom. The van der Waals surface area contributed by atoms with Crippen LogP contribution < -0.4 is 0 Å². The van der Waals surface area contributed by atoms with Crippen molar-refractivity contribution in [3.63, 3.8) is 0 Å². The Kier molecular flexibility index (Phi) is 2.85. The van der Waals surface area contributed by atoms with E-state index in [4.69, 9.17) is 4.98 Å². The van der Waals surface area contributed by atoms with E-state index >= 15 is 0 Å². The Balaban J connectivity index is 2.30. The van der Waals surface area contributed by atoms with Crippen LogP contribution in [0.3, 0.4) is 0 Å². The third-order valence-electron chi connectivity index (χ3n) is 3.68. The highest BCUT2D eigenvalue weighted by Crippen LogP contribution is 2.34. The van der Waals surface area contributed by atoms with Gasteiger partial charge in [-0.2, -0.15) is 0 Å². The summed E-state index contributed by atoms with van der Waals surface area (Å²) in [5.41, 5.74) is 2.74. The largest absolute Gasteiger partial charge is 0.345 e. The summed E-state index contributed by atoms with van der Waals surface area (Å²) in [5, 5.41) is 0. The fourth-order valence-corrected chi connectivity index (χ4v) is 2.58. The van der Waals surface area contributed by atoms with Crippen molar-refractivity contribution in [2.45, 2.75) is 58.8 Å². The van der Waals surface area contributed by atoms with E-state index in [-0.39, 0.29) is 0 Å². The average molecular weight is 206 g/mol. The molecule has 84 valence electrons. The number of imidazole rings is 1. The van der Waals surface area contributed by atoms with Gasteiger partial charge in [0, 0.05) is 17.5 Å². The van der Waals surface area contributed by atoms with Crippen LogP contribution in [-0.2, 0) is 6.42 Å². The molecule has 0 aromatic carbocycles. The summed E-state index contributed by atoms with van der Waals surface area (Å²) in [4.78, 5) is 8.32. The molecule has 0 fully saturated rings. The number of hydrogen-bond acceptors (Lipinski definition) is 1. The maximum atomic E-state index is 4.78. The van der Waals surface area contributed by atoms with Crippen molar-refractivity contribution < 1.29 is 0 Å². The second-order valence-electron chi connectivity index (χ2n) is 5.24. The quantitative estimate of drug-likeness (QED) is 0.786. The summed E-state index contributed by atoms with van der Waals surface area (Å²) >= 11 is 0. The van der Waals surface area contributed by atoms with Crippen LogP contribution in [0.2, 0.25) is 0 Å². The van der Waals surface area contributed by atoms with Crippen molar-refractivity contribution >= 4 is 0 Å². The number of H-pyrrole nitrogens is 1. The molecule has 2 nitrogen and oxygen atoms in total. The molecule has 1 heterocycles. The van der Waals surface area contributed by atoms with Crippen LogP contribution in [0.4, 0.5) is 0 Å². The monoisotopic (exact) mass is 206 g/mol. The van der Waals surface area contributed by atoms with Gasteiger partial charge in [0.2, 0.25) is 0 Å². The molecule has 1 aliphatic carbocycles. The first-order valence-corrected chi connectivity index (χ1v) is 6.20. The van der Waals surface area contributed by atoms with E-state index in [2.05, 4.69) is 32.7 Å². The summed E-state index contributed by atoms with van der Waals surface area (Å²) in [6.07, 6.45) is 3.64. The molecule has 0 spiro atoms. The number of aromatic nitrogens is 2. The Morgan fingerprint density at radius 2 is 2.20 bits per heavy atom. The molecule has 2 heteroatoms. The normalized spacial score (nSPS) is 27.5. The van der Waals surface area contributed by atoms with Crippen LogP contribution in [0.15, 0.2) is 0 Å². The van der Waals surface area contributed by atoms with Crippen molar-refractivity contribution in [1.82, 2.24) is 9.97 Å². The van der Waals surface area contributed by atoms with Crippen LogP contribution in [-0.4, -0.2) is 9.97 Å². The lowest BCUT2D eigenvalue weighted by Gasteiger charge is -2.22. The smallest absolute Gasteiger partial charge is 0.109 e. The zero-order valence-electron chi connectivity index (χ0n) is 10.3. The highest BCUT2D eigenvalue weighted by atomic mass is 15.0. The van der Waals surface area contributed by atoms with Gasteiger partial charge in [-0.05, 0) is 25.2 Å². The number of nitrogens with one attached hydrogen (secondary N) is 1. The molecule has 3 unspecified atom stereocenters. The third kappa shape index (κ3) is 1.95. The van der Waals surface area contributed by atoms with Gasteiger partial charge in [0.25, 0.3) is 0 Å². The van der Waals surface area contributed by atoms with Gasteiger partial charge in [-0.1, -0.05) is 27.7 Å². The molecule has 1 aromatic rings. The van der Waals surface area contributed by atoms with Crippen molar-refractivity contribution in [1.29, 1.82) is 0 Å². The molecule has 2 rings (SSSR count). The highest BCUT2D eigenvalue weighted by Gasteiger charge is 2.25. The SMILES string of the molecule is CCC(C)c1nc2c([nH]1)CC(C)CC2C. The Hall–Kier alpha value is -0.790. The molecule has 3 atom stereocenters. The summed E-state index contributed by atoms with van der Waals surface area (Å²) in [5.74, 6) is 3.21. The average Bonchev–Trinajstić information content (AvgIpc) is 2.60. The molecule has 15 heavy (non-hydrogen) atoms. The molecular weight excluding hydrogens is 184 g/mol. The fraction of sp³-hybridized carbons (Fsp3) is 0.769. The zero-order valence-corrected chi connectivity index (χ0v) is 10.3. The Morgan fingerprint density at radius 3 is 2.87 bits per heavy atom. The van der Waals surface area contributed by atoms with Crippen molar-refractivity contribution in [2.24, 2.45) is 5.92 Å². The van der Waals surface area contributed by atoms with Crippen LogP contribution in [0.25, 0.3) is 0 Å². The molecule has 1 N–H and O–H groups in total. The van der Waals surface area contributed by atoms with E-state index in [1.807, 2.05) is 0 Å². The number of hydrogen-bond donors (Lipinski definition) is 1. The van der Waals surface area contributed by atoms with Gasteiger partial charge in [-0.25, -0.2) is 4.98 Å². The molecule has 0 saturated heterocycles. The van der Waals surface area contributed by atoms with Crippen molar-refractivity contribution in [3.05, 3.63) is 17.2 Å². The number of nitrogens with zero attached hydrogens (tertiary/aromatic N) is 1. The molecular formula is C13H22N2. The minimum Gasteiger partial charge on any atom is -0.345 e. The van der Waals surface area contributed by atoms with Gasteiger partial charge >= 0.3 is 0 Å². The standard InChI is InChI=1S/C13H22N2/c1-5-9(3)13-14-11-7-8(2)6-10(4)12(11)15-13/h8-10H,5-7H2,1-4H3,(H,14,15). The third-order valence-corrected chi connectivity index (χ3v) is 3.68. The van der Waals surface area contributed by atoms with Crippen LogP contribution in [0, 0.1) is 5.92 Å². The summed E-state index contributed by atoms with van der Waals surface area (Å²) in [7, 11) is 0. The van der Waals surface area contributed by atoms with E-state index in [1.165, 1.54) is 30.1 Å². The molecule has 0 amide bonds. The van der Waals surface area contributed by atoms with E-state index in [0.29, 0.717) is 11.8 Å². The lowest BCUT2D eigenvalue weighted by molar-refractivity contribution is 0.440. The van der Waals surface area contributed by atoms with Gasteiger partial charge in [-0.3, -0.25) is 0 Å². The molecule has 0 saturated carbocycles. The lowest BCUT2D eigenvalue weighted by atomic mass is 9.84. The van der Waals surface area contributed by atoms with Gasteiger partial charge in [-0.15, -0.1) is 0 Å². The predicted molar refractivity (Wildman–Crippen MR) is 63.2 cm³/mol. The predicted octanol–water partition coefficient (Wildman–Crippen LogP) is 3.61. The summed E-state index contributed by atoms with van der Waals surface area (Å²) in [6, 6.07) is 0. The minimum atomic E-state index is 0.568. The van der Waals surface area contributed by atoms with Crippen LogP contribution in [0.1, 0.15) is 69.6 Å². The molecule has 1 aliphatic rings. The van der Waals surface area contributed by atoms with E-state index in [0.717, 1.165) is 12.3 Å². The Bertz CT molecular complexity index is 340. The Labute approximate surface area is 92.5 Å². The maximum absolute atomic E-state index is 4.78. The maximum Gasteiger partial charge on any atom is 0.109 e. The fourth-order valence-electron chi connectivity index (χ4n) is 2.58. The molecule has 0 bridgehead atoms. The van der Waals surface area contributed by atoms with Gasteiger partial charge < -0.3 is 4.98 Å². The second-order valence-corrected chi connectivity index (χ2v) is 5.24. The van der Waals surface area contributed by atoms with E-state index in [1.54, 1.807) is 0 Å². The molecule has 1 aromatic heterocycles. The summed E-state index contributed by atoms with van der Waals surface area (Å²) in [6.45, 7) is 9.11. The van der Waals surface area contributed by atoms with Gasteiger partial charge in [0.1, 0.15) is 5.82 Å². The molecule has 0 aliphatic heterocycles. The minimum absolute atomic E-state index is 0.568. The van der Waals surface area contributed by atoms with Gasteiger partial charge in [0.15, 0.2) is 0 Å². The molecule has 0 radical (unpaired) electrons. The van der Waals surface area contributed by atoms with E-state index < -0.39 is 0 Å². The van der Waals surface area contributed by atoms with Crippen molar-refractivity contribution in [2.75, 3.05) is 0 Å². The first-order chi connectivity index (χ1) is 7.11. The number of aromatic amines is 1. The van der Waals surface area contributed by atoms with E-state index in [9.17, 15) is 0 Å². The van der Waals surface area contributed by atoms with Crippen LogP contribution >= 0.6 is 0 Å². The lowest BCUT2D eigenvalue weighted by Crippen LogP contribution is -2.14. The zero-order chi connectivity index (χ0) is 11.0. The highest BCUT2D eigenvalue weighted by molar-refractivity contribution is 5.23. The van der Waals surface area contributed by atoms with Gasteiger partial charge in [0.05, 0.1) is 5.69 Å². The number of rotatable bonds is 2. The summed E-state index contributed by atoms with van der Waals surface area (Å²) < 4.78 is 0. The second kappa shape index (κ2) is 3.99. The van der Waals surface area contributed by atoms with Crippen molar-refractivity contribution in [3.8, 4) is 0 Å².